The smallest absolute Gasteiger partial charge is 0.254 e. The van der Waals surface area contributed by atoms with E-state index in [1.54, 1.807) is 0 Å². The van der Waals surface area contributed by atoms with Gasteiger partial charge < -0.3 is 10.6 Å². The van der Waals surface area contributed by atoms with Crippen molar-refractivity contribution in [3.63, 3.8) is 0 Å². The third-order valence-corrected chi connectivity index (χ3v) is 3.40. The molecule has 3 nitrogen and oxygen atoms in total. The molecule has 110 valence electrons. The van der Waals surface area contributed by atoms with Crippen LogP contribution in [0.5, 0.6) is 0 Å². The maximum Gasteiger partial charge on any atom is 0.254 e. The van der Waals surface area contributed by atoms with Crippen LogP contribution in [0.25, 0.3) is 0 Å². The summed E-state index contributed by atoms with van der Waals surface area (Å²) in [6.07, 6.45) is 0.937. The van der Waals surface area contributed by atoms with E-state index in [1.807, 2.05) is 60.4 Å². The molecule has 3 heteroatoms. The van der Waals surface area contributed by atoms with Gasteiger partial charge in [0.2, 0.25) is 0 Å². The number of nitrogen functional groups attached to an aromatic ring is 1. The molecular weight excluding hydrogens is 260 g/mol. The lowest BCUT2D eigenvalue weighted by atomic mass is 10.1. The van der Waals surface area contributed by atoms with Gasteiger partial charge in [0, 0.05) is 24.3 Å². The fourth-order valence-electron chi connectivity index (χ4n) is 2.33. The first-order chi connectivity index (χ1) is 10.1. The second-order valence-corrected chi connectivity index (χ2v) is 5.34. The summed E-state index contributed by atoms with van der Waals surface area (Å²) in [6, 6.07) is 15.4. The van der Waals surface area contributed by atoms with Crippen LogP contribution in [-0.4, -0.2) is 17.4 Å². The van der Waals surface area contributed by atoms with Gasteiger partial charge >= 0.3 is 0 Å². The predicted octanol–water partition coefficient (Wildman–Crippen LogP) is 3.63. The number of rotatable bonds is 5. The molecule has 0 heterocycles. The third kappa shape index (κ3) is 4.09. The number of benzene rings is 2. The minimum Gasteiger partial charge on any atom is -0.399 e. The second-order valence-electron chi connectivity index (χ2n) is 5.34. The van der Waals surface area contributed by atoms with E-state index in [4.69, 9.17) is 5.73 Å². The Morgan fingerprint density at radius 2 is 1.86 bits per heavy atom. The summed E-state index contributed by atoms with van der Waals surface area (Å²) >= 11 is 0. The highest BCUT2D eigenvalue weighted by molar-refractivity contribution is 5.94. The Bertz CT molecular complexity index is 605. The summed E-state index contributed by atoms with van der Waals surface area (Å²) in [5, 5.41) is 0. The Kier molecular flexibility index (Phi) is 4.99. The van der Waals surface area contributed by atoms with Crippen molar-refractivity contribution >= 4 is 11.6 Å². The van der Waals surface area contributed by atoms with Crippen LogP contribution in [0.3, 0.4) is 0 Å². The van der Waals surface area contributed by atoms with Gasteiger partial charge in [0.1, 0.15) is 0 Å². The lowest BCUT2D eigenvalue weighted by molar-refractivity contribution is 0.0743. The first kappa shape index (κ1) is 15.1. The van der Waals surface area contributed by atoms with Crippen LogP contribution in [0.4, 0.5) is 5.69 Å². The number of hydrogen-bond acceptors (Lipinski definition) is 2. The molecular formula is C18H22N2O. The number of nitrogens with two attached hydrogens (primary N) is 1. The molecule has 0 bridgehead atoms. The lowest BCUT2D eigenvalue weighted by Gasteiger charge is -2.22. The highest BCUT2D eigenvalue weighted by Gasteiger charge is 2.15. The molecule has 2 aromatic carbocycles. The van der Waals surface area contributed by atoms with Gasteiger partial charge in [-0.3, -0.25) is 4.79 Å². The Morgan fingerprint density at radius 3 is 2.48 bits per heavy atom. The number of carbonyl (C=O) groups is 1. The maximum atomic E-state index is 12.7. The van der Waals surface area contributed by atoms with Gasteiger partial charge in [-0.25, -0.2) is 0 Å². The zero-order chi connectivity index (χ0) is 15.2. The van der Waals surface area contributed by atoms with Gasteiger partial charge in [-0.05, 0) is 43.2 Å². The molecule has 2 aromatic rings. The minimum atomic E-state index is 0.0809. The minimum absolute atomic E-state index is 0.0809. The van der Waals surface area contributed by atoms with Gasteiger partial charge in [-0.15, -0.1) is 0 Å². The molecule has 21 heavy (non-hydrogen) atoms. The summed E-state index contributed by atoms with van der Waals surface area (Å²) in [5.74, 6) is 0.0809. The maximum absolute atomic E-state index is 12.7. The van der Waals surface area contributed by atoms with Crippen molar-refractivity contribution in [1.82, 2.24) is 4.90 Å². The summed E-state index contributed by atoms with van der Waals surface area (Å²) in [7, 11) is 0. The number of carbonyl (C=O) groups excluding carboxylic acids is 1. The van der Waals surface area contributed by atoms with Gasteiger partial charge in [-0.2, -0.15) is 0 Å². The van der Waals surface area contributed by atoms with Gasteiger partial charge in [0.15, 0.2) is 0 Å². The molecule has 2 rings (SSSR count). The van der Waals surface area contributed by atoms with Crippen LogP contribution in [0.1, 0.15) is 34.8 Å². The summed E-state index contributed by atoms with van der Waals surface area (Å²) in [4.78, 5) is 14.5. The van der Waals surface area contributed by atoms with Crippen LogP contribution >= 0.6 is 0 Å². The van der Waals surface area contributed by atoms with Crippen LogP contribution in [-0.2, 0) is 6.54 Å². The Balaban J connectivity index is 2.18. The van der Waals surface area contributed by atoms with Crippen molar-refractivity contribution < 1.29 is 4.79 Å². The third-order valence-electron chi connectivity index (χ3n) is 3.40. The summed E-state index contributed by atoms with van der Waals surface area (Å²) in [6.45, 7) is 5.44. The second kappa shape index (κ2) is 6.93. The fourth-order valence-corrected chi connectivity index (χ4v) is 2.33. The Labute approximate surface area is 126 Å². The highest BCUT2D eigenvalue weighted by Crippen LogP contribution is 2.13. The summed E-state index contributed by atoms with van der Waals surface area (Å²) < 4.78 is 0. The molecule has 0 aliphatic rings. The average molecular weight is 282 g/mol. The van der Waals surface area contributed by atoms with Crippen molar-refractivity contribution in [2.24, 2.45) is 0 Å². The molecule has 2 N–H and O–H groups in total. The van der Waals surface area contributed by atoms with E-state index >= 15 is 0 Å². The molecule has 0 aliphatic carbocycles. The van der Waals surface area contributed by atoms with Gasteiger partial charge in [0.25, 0.3) is 5.91 Å². The van der Waals surface area contributed by atoms with Gasteiger partial charge in [-0.1, -0.05) is 36.8 Å². The number of hydrogen-bond donors (Lipinski definition) is 1. The lowest BCUT2D eigenvalue weighted by Crippen LogP contribution is -2.31. The van der Waals surface area contributed by atoms with Crippen molar-refractivity contribution in [3.8, 4) is 0 Å². The average Bonchev–Trinajstić information content (AvgIpc) is 2.48. The molecule has 0 spiro atoms. The molecule has 0 aliphatic heterocycles. The monoisotopic (exact) mass is 282 g/mol. The number of amides is 1. The zero-order valence-corrected chi connectivity index (χ0v) is 12.7. The molecule has 0 radical (unpaired) electrons. The molecule has 0 atom stereocenters. The predicted molar refractivity (Wildman–Crippen MR) is 87.1 cm³/mol. The van der Waals surface area contributed by atoms with Crippen molar-refractivity contribution in [3.05, 3.63) is 65.2 Å². The van der Waals surface area contributed by atoms with Crippen molar-refractivity contribution in [2.75, 3.05) is 12.3 Å². The molecule has 0 unspecified atom stereocenters. The van der Waals surface area contributed by atoms with Crippen LogP contribution in [0.2, 0.25) is 0 Å². The zero-order valence-electron chi connectivity index (χ0n) is 12.7. The van der Waals surface area contributed by atoms with Crippen molar-refractivity contribution in [2.45, 2.75) is 26.8 Å². The number of nitrogens with zero attached hydrogens (tertiary/aromatic N) is 1. The standard InChI is InChI=1S/C18H22N2O/c1-3-11-20(13-15-7-9-17(19)10-8-15)18(21)16-6-4-5-14(2)12-16/h4-10,12H,3,11,13,19H2,1-2H3. The van der Waals surface area contributed by atoms with E-state index in [0.717, 1.165) is 35.3 Å². The topological polar surface area (TPSA) is 46.3 Å². The van der Waals surface area contributed by atoms with Crippen LogP contribution in [0.15, 0.2) is 48.5 Å². The molecule has 0 saturated carbocycles. The molecule has 1 amide bonds. The molecule has 0 fully saturated rings. The Hall–Kier alpha value is -2.29. The van der Waals surface area contributed by atoms with Crippen molar-refractivity contribution in [1.29, 1.82) is 0 Å². The van der Waals surface area contributed by atoms with E-state index in [1.165, 1.54) is 0 Å². The first-order valence-corrected chi connectivity index (χ1v) is 7.30. The van der Waals surface area contributed by atoms with Crippen LogP contribution < -0.4 is 5.73 Å². The molecule has 0 aromatic heterocycles. The van der Waals surface area contributed by atoms with E-state index in [9.17, 15) is 4.79 Å². The number of aryl methyl sites for hydroxylation is 1. The van der Waals surface area contributed by atoms with Crippen LogP contribution in [0, 0.1) is 6.92 Å². The molecule has 0 saturated heterocycles. The first-order valence-electron chi connectivity index (χ1n) is 7.30. The summed E-state index contributed by atoms with van der Waals surface area (Å²) in [5.41, 5.74) is 9.39. The largest absolute Gasteiger partial charge is 0.399 e. The fraction of sp³-hybridized carbons (Fsp3) is 0.278. The van der Waals surface area contributed by atoms with E-state index in [0.29, 0.717) is 6.54 Å². The quantitative estimate of drug-likeness (QED) is 0.851. The normalized spacial score (nSPS) is 10.4. The number of anilines is 1. The van der Waals surface area contributed by atoms with E-state index in [2.05, 4.69) is 6.92 Å². The van der Waals surface area contributed by atoms with Gasteiger partial charge in [0.05, 0.1) is 0 Å². The Morgan fingerprint density at radius 1 is 1.14 bits per heavy atom. The highest BCUT2D eigenvalue weighted by atomic mass is 16.2. The SMILES string of the molecule is CCCN(Cc1ccc(N)cc1)C(=O)c1cccc(C)c1. The van der Waals surface area contributed by atoms with E-state index < -0.39 is 0 Å². The van der Waals surface area contributed by atoms with E-state index in [-0.39, 0.29) is 5.91 Å².